The summed E-state index contributed by atoms with van der Waals surface area (Å²) < 4.78 is 12.9. The molecular formula is C14H14BrNO5S2. The highest BCUT2D eigenvalue weighted by Crippen LogP contribution is 2.36. The van der Waals surface area contributed by atoms with Crippen molar-refractivity contribution in [2.24, 2.45) is 0 Å². The molecule has 2 aromatic rings. The Labute approximate surface area is 149 Å². The Balaban J connectivity index is 2.02. The maximum atomic E-state index is 11.4. The van der Waals surface area contributed by atoms with Gasteiger partial charge in [-0.05, 0) is 28.4 Å². The van der Waals surface area contributed by atoms with E-state index in [0.717, 1.165) is 38.9 Å². The lowest BCUT2D eigenvalue weighted by atomic mass is 10.3. The van der Waals surface area contributed by atoms with Gasteiger partial charge in [0.05, 0.1) is 34.1 Å². The molecule has 9 heteroatoms. The number of rotatable bonds is 8. The average Bonchev–Trinajstić information content (AvgIpc) is 2.90. The molecular weight excluding hydrogens is 406 g/mol. The molecule has 1 N–H and O–H groups in total. The van der Waals surface area contributed by atoms with Crippen LogP contribution in [-0.2, 0) is 13.8 Å². The Morgan fingerprint density at radius 3 is 2.87 bits per heavy atom. The molecule has 0 saturated carbocycles. The van der Waals surface area contributed by atoms with Gasteiger partial charge in [-0.1, -0.05) is 6.92 Å². The van der Waals surface area contributed by atoms with Gasteiger partial charge in [0.1, 0.15) is 17.8 Å². The molecule has 0 aliphatic carbocycles. The molecule has 1 aromatic heterocycles. The van der Waals surface area contributed by atoms with E-state index >= 15 is 0 Å². The average molecular weight is 420 g/mol. The van der Waals surface area contributed by atoms with Gasteiger partial charge < -0.3 is 14.0 Å². The second-order valence-electron chi connectivity index (χ2n) is 4.51. The molecule has 124 valence electrons. The zero-order valence-electron chi connectivity index (χ0n) is 12.2. The van der Waals surface area contributed by atoms with E-state index < -0.39 is 11.9 Å². The summed E-state index contributed by atoms with van der Waals surface area (Å²) in [6.45, 7) is 2.66. The van der Waals surface area contributed by atoms with Crippen molar-refractivity contribution in [3.63, 3.8) is 0 Å². The summed E-state index contributed by atoms with van der Waals surface area (Å²) in [5, 5.41) is 8.52. The molecule has 1 heterocycles. The monoisotopic (exact) mass is 419 g/mol. The zero-order valence-corrected chi connectivity index (χ0v) is 15.4. The molecule has 0 aliphatic heterocycles. The van der Waals surface area contributed by atoms with E-state index in [-0.39, 0.29) is 12.8 Å². The first-order valence-electron chi connectivity index (χ1n) is 6.81. The minimum absolute atomic E-state index is 0.159. The summed E-state index contributed by atoms with van der Waals surface area (Å²) in [6.07, 6.45) is 0.513. The Bertz CT molecular complexity index is 719. The summed E-state index contributed by atoms with van der Waals surface area (Å²) in [7, 11) is 0. The number of carboxylic acid groups (broad SMARTS) is 1. The Hall–Kier alpha value is -1.32. The zero-order chi connectivity index (χ0) is 16.8. The van der Waals surface area contributed by atoms with Crippen molar-refractivity contribution in [2.75, 3.05) is 6.61 Å². The number of thiazole rings is 1. The van der Waals surface area contributed by atoms with Gasteiger partial charge in [0.25, 0.3) is 0 Å². The number of carbonyl (C=O) groups is 2. The molecule has 0 unspecified atom stereocenters. The Morgan fingerprint density at radius 2 is 2.17 bits per heavy atom. The number of carbonyl (C=O) groups excluding carboxylic acids is 1. The Kier molecular flexibility index (Phi) is 6.67. The highest BCUT2D eigenvalue weighted by Gasteiger charge is 2.13. The van der Waals surface area contributed by atoms with Crippen molar-refractivity contribution in [3.05, 3.63) is 16.6 Å². The maximum Gasteiger partial charge on any atom is 0.318 e. The Morgan fingerprint density at radius 1 is 1.39 bits per heavy atom. The molecule has 0 saturated heterocycles. The minimum Gasteiger partial charge on any atom is -0.492 e. The second-order valence-corrected chi connectivity index (χ2v) is 7.37. The third kappa shape index (κ3) is 5.36. The van der Waals surface area contributed by atoms with Gasteiger partial charge in [0.15, 0.2) is 4.34 Å². The maximum absolute atomic E-state index is 11.4. The fourth-order valence-electron chi connectivity index (χ4n) is 1.60. The number of benzene rings is 1. The van der Waals surface area contributed by atoms with Crippen molar-refractivity contribution in [1.82, 2.24) is 4.98 Å². The third-order valence-electron chi connectivity index (χ3n) is 2.63. The number of ether oxygens (including phenoxy) is 1. The number of aromatic nitrogens is 1. The molecule has 0 atom stereocenters. The highest BCUT2D eigenvalue weighted by atomic mass is 79.9. The smallest absolute Gasteiger partial charge is 0.318 e. The van der Waals surface area contributed by atoms with Gasteiger partial charge in [-0.15, -0.1) is 11.3 Å². The van der Waals surface area contributed by atoms with Crippen molar-refractivity contribution < 1.29 is 23.6 Å². The van der Waals surface area contributed by atoms with Crippen LogP contribution in [0.15, 0.2) is 20.9 Å². The molecule has 0 spiro atoms. The van der Waals surface area contributed by atoms with Crippen molar-refractivity contribution in [3.8, 4) is 5.75 Å². The van der Waals surface area contributed by atoms with E-state index in [1.165, 1.54) is 11.3 Å². The normalized spacial score (nSPS) is 10.7. The lowest BCUT2D eigenvalue weighted by molar-refractivity contribution is -0.141. The van der Waals surface area contributed by atoms with Crippen LogP contribution in [0.25, 0.3) is 10.2 Å². The first-order valence-corrected chi connectivity index (χ1v) is 9.16. The van der Waals surface area contributed by atoms with Crippen LogP contribution < -0.4 is 4.74 Å². The van der Waals surface area contributed by atoms with Gasteiger partial charge in [0.2, 0.25) is 0 Å². The van der Waals surface area contributed by atoms with Crippen molar-refractivity contribution >= 4 is 61.5 Å². The van der Waals surface area contributed by atoms with Gasteiger partial charge in [-0.2, -0.15) is 0 Å². The first kappa shape index (κ1) is 18.0. The van der Waals surface area contributed by atoms with E-state index in [0.29, 0.717) is 10.9 Å². The largest absolute Gasteiger partial charge is 0.492 e. The van der Waals surface area contributed by atoms with E-state index in [4.69, 9.17) is 14.0 Å². The summed E-state index contributed by atoms with van der Waals surface area (Å²) in [4.78, 5) is 26.2. The minimum atomic E-state index is -1.03. The lowest BCUT2D eigenvalue weighted by Crippen LogP contribution is -2.03. The topological polar surface area (TPSA) is 85.7 Å². The van der Waals surface area contributed by atoms with Crippen LogP contribution in [0.4, 0.5) is 0 Å². The fourth-order valence-corrected chi connectivity index (χ4v) is 3.64. The molecule has 0 amide bonds. The summed E-state index contributed by atoms with van der Waals surface area (Å²) in [5.74, 6) is -0.862. The van der Waals surface area contributed by atoms with Gasteiger partial charge in [0, 0.05) is 6.07 Å². The molecule has 6 nitrogen and oxygen atoms in total. The molecule has 2 rings (SSSR count). The van der Waals surface area contributed by atoms with Crippen LogP contribution in [0.3, 0.4) is 0 Å². The van der Waals surface area contributed by atoms with Gasteiger partial charge >= 0.3 is 11.9 Å². The number of hydrogen-bond acceptors (Lipinski definition) is 7. The van der Waals surface area contributed by atoms with E-state index in [1.807, 2.05) is 19.1 Å². The van der Waals surface area contributed by atoms with E-state index in [2.05, 4.69) is 20.9 Å². The molecule has 0 aliphatic rings. The van der Waals surface area contributed by atoms with Crippen LogP contribution in [0.1, 0.15) is 26.2 Å². The number of carboxylic acids is 1. The highest BCUT2D eigenvalue weighted by molar-refractivity contribution is 9.10. The number of hydrogen-bond donors (Lipinski definition) is 1. The van der Waals surface area contributed by atoms with E-state index in [9.17, 15) is 9.59 Å². The standard InChI is InChI=1S/C14H14BrNO5S2/c1-2-5-20-10-7-11-9(6-8(10)15)16-14(22-11)23-21-13(19)4-3-12(17)18/h6-7H,2-5H2,1H3,(H,17,18). The fraction of sp³-hybridized carbons (Fsp3) is 0.357. The van der Waals surface area contributed by atoms with Crippen LogP contribution in [-0.4, -0.2) is 28.6 Å². The van der Waals surface area contributed by atoms with Crippen LogP contribution >= 0.6 is 39.3 Å². The summed E-state index contributed by atoms with van der Waals surface area (Å²) in [5.41, 5.74) is 0.773. The number of nitrogens with zero attached hydrogens (tertiary/aromatic N) is 1. The van der Waals surface area contributed by atoms with Gasteiger partial charge in [-0.25, -0.2) is 4.98 Å². The quantitative estimate of drug-likeness (QED) is 0.639. The predicted octanol–water partition coefficient (Wildman–Crippen LogP) is 4.26. The van der Waals surface area contributed by atoms with Crippen molar-refractivity contribution in [1.29, 1.82) is 0 Å². The number of halogens is 1. The lowest BCUT2D eigenvalue weighted by Gasteiger charge is -2.06. The van der Waals surface area contributed by atoms with E-state index in [1.54, 1.807) is 0 Å². The molecule has 0 radical (unpaired) electrons. The predicted molar refractivity (Wildman–Crippen MR) is 91.9 cm³/mol. The van der Waals surface area contributed by atoms with Crippen LogP contribution in [0.5, 0.6) is 5.75 Å². The second kappa shape index (κ2) is 8.51. The van der Waals surface area contributed by atoms with Gasteiger partial charge in [-0.3, -0.25) is 9.59 Å². The SMILES string of the molecule is CCCOc1cc2sc(SOC(=O)CCC(=O)O)nc2cc1Br. The summed E-state index contributed by atoms with van der Waals surface area (Å²) in [6, 6.07) is 3.75. The molecule has 0 fully saturated rings. The summed E-state index contributed by atoms with van der Waals surface area (Å²) >= 11 is 5.67. The third-order valence-corrected chi connectivity index (χ3v) is 5.02. The van der Waals surface area contributed by atoms with Crippen LogP contribution in [0.2, 0.25) is 0 Å². The molecule has 0 bridgehead atoms. The van der Waals surface area contributed by atoms with Crippen LogP contribution in [0, 0.1) is 0 Å². The number of aliphatic carboxylic acids is 1. The molecule has 1 aromatic carbocycles. The van der Waals surface area contributed by atoms with Crippen molar-refractivity contribution in [2.45, 2.75) is 30.5 Å². The number of fused-ring (bicyclic) bond motifs is 1. The molecule has 23 heavy (non-hydrogen) atoms. The first-order chi connectivity index (χ1) is 11.0.